The number of nitrogens with one attached hydrogen (secondary N) is 1. The fraction of sp³-hybridized carbons (Fsp3) is 0.143. The van der Waals surface area contributed by atoms with Gasteiger partial charge in [-0.1, -0.05) is 17.7 Å². The lowest BCUT2D eigenvalue weighted by atomic mass is 10.2. The summed E-state index contributed by atoms with van der Waals surface area (Å²) in [6.07, 6.45) is 0. The summed E-state index contributed by atoms with van der Waals surface area (Å²) in [5, 5.41) is 3.37. The molecule has 100 valence electrons. The third kappa shape index (κ3) is 3.20. The van der Waals surface area contributed by atoms with Gasteiger partial charge in [0.2, 0.25) is 0 Å². The van der Waals surface area contributed by atoms with Gasteiger partial charge in [-0.3, -0.25) is 0 Å². The Labute approximate surface area is 114 Å². The molecule has 0 heterocycles. The molecule has 19 heavy (non-hydrogen) atoms. The predicted molar refractivity (Wildman–Crippen MR) is 69.8 cm³/mol. The van der Waals surface area contributed by atoms with Crippen LogP contribution in [0.25, 0.3) is 0 Å². The van der Waals surface area contributed by atoms with Crippen LogP contribution in [0.4, 0.5) is 18.9 Å². The Balaban J connectivity index is 2.16. The standard InChI is InChI=1S/C14H11ClF3N/c1-8-2-3-14(10(15)4-8)19-7-9-5-12(17)13(18)6-11(9)16/h2-6,19H,7H2,1H3. The van der Waals surface area contributed by atoms with Crippen LogP contribution in [-0.4, -0.2) is 0 Å². The summed E-state index contributed by atoms with van der Waals surface area (Å²) >= 11 is 6.00. The van der Waals surface area contributed by atoms with Crippen LogP contribution in [0.5, 0.6) is 0 Å². The van der Waals surface area contributed by atoms with E-state index in [-0.39, 0.29) is 12.1 Å². The average molecular weight is 286 g/mol. The maximum absolute atomic E-state index is 13.4. The van der Waals surface area contributed by atoms with E-state index in [9.17, 15) is 13.2 Å². The third-order valence-corrected chi connectivity index (χ3v) is 3.00. The Morgan fingerprint density at radius 2 is 1.68 bits per heavy atom. The second-order valence-electron chi connectivity index (χ2n) is 4.19. The number of anilines is 1. The maximum atomic E-state index is 13.4. The van der Waals surface area contributed by atoms with Crippen LogP contribution in [0.2, 0.25) is 5.02 Å². The summed E-state index contributed by atoms with van der Waals surface area (Å²) in [6, 6.07) is 6.71. The zero-order chi connectivity index (χ0) is 14.0. The van der Waals surface area contributed by atoms with E-state index in [1.807, 2.05) is 13.0 Å². The van der Waals surface area contributed by atoms with Crippen molar-refractivity contribution in [1.29, 1.82) is 0 Å². The van der Waals surface area contributed by atoms with Crippen LogP contribution in [0.15, 0.2) is 30.3 Å². The highest BCUT2D eigenvalue weighted by Gasteiger charge is 2.10. The molecule has 0 aliphatic heterocycles. The molecule has 5 heteroatoms. The Morgan fingerprint density at radius 3 is 2.37 bits per heavy atom. The molecule has 0 aromatic heterocycles. The van der Waals surface area contributed by atoms with Gasteiger partial charge in [-0.15, -0.1) is 0 Å². The van der Waals surface area contributed by atoms with Crippen molar-refractivity contribution in [1.82, 2.24) is 0 Å². The van der Waals surface area contributed by atoms with E-state index in [2.05, 4.69) is 5.32 Å². The molecule has 0 bridgehead atoms. The topological polar surface area (TPSA) is 12.0 Å². The molecule has 0 aliphatic carbocycles. The predicted octanol–water partition coefficient (Wildman–Crippen LogP) is 4.68. The van der Waals surface area contributed by atoms with E-state index in [1.54, 1.807) is 12.1 Å². The van der Waals surface area contributed by atoms with Crippen molar-refractivity contribution in [2.75, 3.05) is 5.32 Å². The molecule has 0 fully saturated rings. The lowest BCUT2D eigenvalue weighted by molar-refractivity contribution is 0.490. The van der Waals surface area contributed by atoms with E-state index >= 15 is 0 Å². The van der Waals surface area contributed by atoms with Gasteiger partial charge >= 0.3 is 0 Å². The van der Waals surface area contributed by atoms with Gasteiger partial charge in [0.15, 0.2) is 11.6 Å². The summed E-state index contributed by atoms with van der Waals surface area (Å²) < 4.78 is 39.2. The van der Waals surface area contributed by atoms with Crippen LogP contribution in [-0.2, 0) is 6.54 Å². The Hall–Kier alpha value is -1.68. The second kappa shape index (κ2) is 5.53. The molecule has 0 saturated carbocycles. The molecule has 1 N–H and O–H groups in total. The first-order valence-corrected chi connectivity index (χ1v) is 5.98. The van der Waals surface area contributed by atoms with Gasteiger partial charge in [-0.25, -0.2) is 13.2 Å². The summed E-state index contributed by atoms with van der Waals surface area (Å²) in [7, 11) is 0. The number of benzene rings is 2. The average Bonchev–Trinajstić information content (AvgIpc) is 2.34. The molecule has 2 aromatic rings. The fourth-order valence-electron chi connectivity index (χ4n) is 1.65. The number of rotatable bonds is 3. The molecule has 0 amide bonds. The zero-order valence-corrected chi connectivity index (χ0v) is 10.9. The second-order valence-corrected chi connectivity index (χ2v) is 4.60. The van der Waals surface area contributed by atoms with Crippen LogP contribution in [0, 0.1) is 24.4 Å². The van der Waals surface area contributed by atoms with Crippen molar-refractivity contribution in [3.8, 4) is 0 Å². The molecule has 0 radical (unpaired) electrons. The molecule has 0 unspecified atom stereocenters. The Kier molecular flexibility index (Phi) is 4.00. The van der Waals surface area contributed by atoms with Crippen molar-refractivity contribution in [2.45, 2.75) is 13.5 Å². The van der Waals surface area contributed by atoms with Gasteiger partial charge in [0.1, 0.15) is 5.82 Å². The van der Waals surface area contributed by atoms with Gasteiger partial charge in [0.25, 0.3) is 0 Å². The molecular weight excluding hydrogens is 275 g/mol. The van der Waals surface area contributed by atoms with Crippen LogP contribution >= 0.6 is 11.6 Å². The first kappa shape index (κ1) is 13.7. The SMILES string of the molecule is Cc1ccc(NCc2cc(F)c(F)cc2F)c(Cl)c1. The lowest BCUT2D eigenvalue weighted by Crippen LogP contribution is -2.04. The van der Waals surface area contributed by atoms with Crippen molar-refractivity contribution in [3.05, 3.63) is 63.9 Å². The summed E-state index contributed by atoms with van der Waals surface area (Å²) in [4.78, 5) is 0. The van der Waals surface area contributed by atoms with Crippen molar-refractivity contribution < 1.29 is 13.2 Å². The van der Waals surface area contributed by atoms with Crippen molar-refractivity contribution in [2.24, 2.45) is 0 Å². The van der Waals surface area contributed by atoms with Gasteiger partial charge in [0, 0.05) is 18.2 Å². The summed E-state index contributed by atoms with van der Waals surface area (Å²) in [5.41, 5.74) is 1.64. The molecular formula is C14H11ClF3N. The molecule has 0 aliphatic rings. The first-order chi connectivity index (χ1) is 8.97. The minimum absolute atomic E-state index is 0.0197. The van der Waals surface area contributed by atoms with E-state index in [1.165, 1.54) is 0 Å². The number of hydrogen-bond acceptors (Lipinski definition) is 1. The molecule has 0 atom stereocenters. The highest BCUT2D eigenvalue weighted by atomic mass is 35.5. The molecule has 2 aromatic carbocycles. The lowest BCUT2D eigenvalue weighted by Gasteiger charge is -2.10. The van der Waals surface area contributed by atoms with Crippen LogP contribution in [0.1, 0.15) is 11.1 Å². The fourth-order valence-corrected chi connectivity index (χ4v) is 1.96. The third-order valence-electron chi connectivity index (χ3n) is 2.68. The Bertz CT molecular complexity index is 614. The highest BCUT2D eigenvalue weighted by Crippen LogP contribution is 2.24. The molecule has 2 rings (SSSR count). The smallest absolute Gasteiger partial charge is 0.161 e. The van der Waals surface area contributed by atoms with E-state index in [0.29, 0.717) is 16.8 Å². The molecule has 0 spiro atoms. The van der Waals surface area contributed by atoms with Gasteiger partial charge < -0.3 is 5.32 Å². The van der Waals surface area contributed by atoms with Crippen LogP contribution < -0.4 is 5.32 Å². The minimum Gasteiger partial charge on any atom is -0.380 e. The minimum atomic E-state index is -1.20. The highest BCUT2D eigenvalue weighted by molar-refractivity contribution is 6.33. The van der Waals surface area contributed by atoms with E-state index < -0.39 is 17.5 Å². The van der Waals surface area contributed by atoms with Gasteiger partial charge in [-0.05, 0) is 30.7 Å². The van der Waals surface area contributed by atoms with Crippen molar-refractivity contribution in [3.63, 3.8) is 0 Å². The quantitative estimate of drug-likeness (QED) is 0.808. The summed E-state index contributed by atoms with van der Waals surface area (Å²) in [6.45, 7) is 1.91. The number of aryl methyl sites for hydroxylation is 1. The van der Waals surface area contributed by atoms with Crippen molar-refractivity contribution >= 4 is 17.3 Å². The van der Waals surface area contributed by atoms with Gasteiger partial charge in [-0.2, -0.15) is 0 Å². The molecule has 1 nitrogen and oxygen atoms in total. The normalized spacial score (nSPS) is 10.6. The van der Waals surface area contributed by atoms with Gasteiger partial charge in [0.05, 0.1) is 10.7 Å². The zero-order valence-electron chi connectivity index (χ0n) is 10.1. The van der Waals surface area contributed by atoms with Crippen LogP contribution in [0.3, 0.4) is 0 Å². The Morgan fingerprint density at radius 1 is 1.00 bits per heavy atom. The van der Waals surface area contributed by atoms with E-state index in [4.69, 9.17) is 11.6 Å². The monoisotopic (exact) mass is 285 g/mol. The number of hydrogen-bond donors (Lipinski definition) is 1. The largest absolute Gasteiger partial charge is 0.380 e. The maximum Gasteiger partial charge on any atom is 0.161 e. The first-order valence-electron chi connectivity index (χ1n) is 5.61. The molecule has 0 saturated heterocycles. The van der Waals surface area contributed by atoms with E-state index in [0.717, 1.165) is 11.6 Å². The number of halogens is 4. The summed E-state index contributed by atoms with van der Waals surface area (Å²) in [5.74, 6) is -3.07.